The fourth-order valence-corrected chi connectivity index (χ4v) is 4.46. The number of hydrogen-bond acceptors (Lipinski definition) is 5. The number of rotatable bonds is 3. The van der Waals surface area contributed by atoms with Gasteiger partial charge < -0.3 is 5.32 Å². The van der Waals surface area contributed by atoms with Gasteiger partial charge in [-0.2, -0.15) is 0 Å². The molecule has 5 nitrogen and oxygen atoms in total. The van der Waals surface area contributed by atoms with Gasteiger partial charge in [-0.1, -0.05) is 23.7 Å². The number of aryl methyl sites for hydroxylation is 1. The third-order valence-corrected chi connectivity index (χ3v) is 5.76. The quantitative estimate of drug-likeness (QED) is 0.765. The summed E-state index contributed by atoms with van der Waals surface area (Å²) in [7, 11) is 0. The zero-order valence-electron chi connectivity index (χ0n) is 13.9. The summed E-state index contributed by atoms with van der Waals surface area (Å²) >= 11 is 7.67. The summed E-state index contributed by atoms with van der Waals surface area (Å²) in [5.74, 6) is 0. The summed E-state index contributed by atoms with van der Waals surface area (Å²) in [5.41, 5.74) is 2.93. The first-order chi connectivity index (χ1) is 12.1. The topological polar surface area (TPSA) is 49.6 Å². The second-order valence-electron chi connectivity index (χ2n) is 6.33. The van der Waals surface area contributed by atoms with Gasteiger partial charge >= 0.3 is 0 Å². The number of aromatic nitrogens is 2. The molecule has 1 unspecified atom stereocenters. The lowest BCUT2D eigenvalue weighted by molar-refractivity contribution is 0.152. The molecule has 1 aliphatic heterocycles. The fraction of sp³-hybridized carbons (Fsp3) is 0.333. The van der Waals surface area contributed by atoms with Gasteiger partial charge in [0, 0.05) is 54.4 Å². The molecule has 2 aromatic heterocycles. The van der Waals surface area contributed by atoms with E-state index in [0.717, 1.165) is 41.0 Å². The Bertz CT molecular complexity index is 967. The minimum Gasteiger partial charge on any atom is -0.314 e. The van der Waals surface area contributed by atoms with Crippen molar-refractivity contribution in [2.24, 2.45) is 0 Å². The zero-order chi connectivity index (χ0) is 17.4. The highest BCUT2D eigenvalue weighted by atomic mass is 35.5. The van der Waals surface area contributed by atoms with E-state index >= 15 is 0 Å². The van der Waals surface area contributed by atoms with Crippen molar-refractivity contribution in [3.63, 3.8) is 0 Å². The van der Waals surface area contributed by atoms with Crippen LogP contribution in [0.3, 0.4) is 0 Å². The van der Waals surface area contributed by atoms with Crippen LogP contribution in [0.5, 0.6) is 0 Å². The predicted molar refractivity (Wildman–Crippen MR) is 102 cm³/mol. The van der Waals surface area contributed by atoms with Crippen LogP contribution in [0.1, 0.15) is 23.0 Å². The highest BCUT2D eigenvalue weighted by Crippen LogP contribution is 2.26. The van der Waals surface area contributed by atoms with Crippen molar-refractivity contribution in [3.8, 4) is 0 Å². The van der Waals surface area contributed by atoms with Crippen LogP contribution in [0, 0.1) is 6.92 Å². The van der Waals surface area contributed by atoms with E-state index < -0.39 is 0 Å². The Hall–Kier alpha value is -1.73. The second kappa shape index (κ2) is 6.88. The van der Waals surface area contributed by atoms with E-state index in [-0.39, 0.29) is 11.6 Å². The van der Waals surface area contributed by atoms with Crippen LogP contribution < -0.4 is 10.9 Å². The Morgan fingerprint density at radius 1 is 1.40 bits per heavy atom. The van der Waals surface area contributed by atoms with E-state index in [1.54, 1.807) is 10.5 Å². The average Bonchev–Trinajstić information content (AvgIpc) is 2.97. The van der Waals surface area contributed by atoms with Crippen molar-refractivity contribution in [2.45, 2.75) is 19.5 Å². The SMILES string of the molecule is Cc1csc2nc(CN3CCNCC3c3cccc(Cl)c3)cc(=O)n12. The van der Waals surface area contributed by atoms with Gasteiger partial charge in [-0.3, -0.25) is 14.1 Å². The van der Waals surface area contributed by atoms with Crippen molar-refractivity contribution in [1.29, 1.82) is 0 Å². The molecule has 0 spiro atoms. The molecule has 0 bridgehead atoms. The number of piperazine rings is 1. The maximum Gasteiger partial charge on any atom is 0.259 e. The zero-order valence-corrected chi connectivity index (χ0v) is 15.5. The second-order valence-corrected chi connectivity index (χ2v) is 7.60. The van der Waals surface area contributed by atoms with Crippen molar-refractivity contribution in [2.75, 3.05) is 19.6 Å². The standard InChI is InChI=1S/C18H19ClN4OS/c1-12-11-25-18-21-15(8-17(24)23(12)18)10-22-6-5-20-9-16(22)13-3-2-4-14(19)7-13/h2-4,7-8,11,16,20H,5-6,9-10H2,1H3. The molecule has 0 aliphatic carbocycles. The normalized spacial score (nSPS) is 18.7. The molecule has 0 radical (unpaired) electrons. The molecular weight excluding hydrogens is 356 g/mol. The van der Waals surface area contributed by atoms with E-state index in [4.69, 9.17) is 11.6 Å². The number of nitrogens with one attached hydrogen (secondary N) is 1. The molecule has 1 aliphatic rings. The van der Waals surface area contributed by atoms with Gasteiger partial charge in [0.2, 0.25) is 0 Å². The Kier molecular flexibility index (Phi) is 4.60. The first-order valence-electron chi connectivity index (χ1n) is 8.29. The number of fused-ring (bicyclic) bond motifs is 1. The summed E-state index contributed by atoms with van der Waals surface area (Å²) in [6.45, 7) is 5.27. The molecule has 1 N–H and O–H groups in total. The average molecular weight is 375 g/mol. The molecule has 1 saturated heterocycles. The van der Waals surface area contributed by atoms with Crippen molar-refractivity contribution < 1.29 is 0 Å². The van der Waals surface area contributed by atoms with Crippen molar-refractivity contribution in [3.05, 3.63) is 68.0 Å². The Labute approximate surface area is 154 Å². The molecule has 1 fully saturated rings. The molecule has 3 aromatic rings. The number of benzene rings is 1. The van der Waals surface area contributed by atoms with Gasteiger partial charge in [-0.25, -0.2) is 4.98 Å². The van der Waals surface area contributed by atoms with Crippen molar-refractivity contribution in [1.82, 2.24) is 19.6 Å². The number of thiazole rings is 1. The summed E-state index contributed by atoms with van der Waals surface area (Å²) in [4.78, 5) is 20.2. The summed E-state index contributed by atoms with van der Waals surface area (Å²) in [5, 5.41) is 6.15. The summed E-state index contributed by atoms with van der Waals surface area (Å²) in [6, 6.07) is 9.86. The molecule has 0 saturated carbocycles. The third-order valence-electron chi connectivity index (χ3n) is 4.58. The maximum absolute atomic E-state index is 12.4. The van der Waals surface area contributed by atoms with Crippen molar-refractivity contribution >= 4 is 27.9 Å². The number of hydrogen-bond donors (Lipinski definition) is 1. The lowest BCUT2D eigenvalue weighted by Crippen LogP contribution is -2.45. The fourth-order valence-electron chi connectivity index (χ4n) is 3.37. The van der Waals surface area contributed by atoms with Crippen LogP contribution in [0.4, 0.5) is 0 Å². The van der Waals surface area contributed by atoms with E-state index in [9.17, 15) is 4.79 Å². The van der Waals surface area contributed by atoms with E-state index in [1.807, 2.05) is 30.5 Å². The minimum atomic E-state index is -0.00631. The number of nitrogens with zero attached hydrogens (tertiary/aromatic N) is 3. The van der Waals surface area contributed by atoms with Crippen LogP contribution in [-0.4, -0.2) is 33.9 Å². The highest BCUT2D eigenvalue weighted by Gasteiger charge is 2.24. The van der Waals surface area contributed by atoms with Gasteiger partial charge in [0.15, 0.2) is 4.96 Å². The molecule has 7 heteroatoms. The van der Waals surface area contributed by atoms with Crippen LogP contribution in [-0.2, 0) is 6.54 Å². The maximum atomic E-state index is 12.4. The molecule has 0 amide bonds. The van der Waals surface area contributed by atoms with Gasteiger partial charge in [0.05, 0.1) is 5.69 Å². The van der Waals surface area contributed by atoms with Gasteiger partial charge in [0.1, 0.15) is 0 Å². The molecule has 3 heterocycles. The Morgan fingerprint density at radius 2 is 2.28 bits per heavy atom. The van der Waals surface area contributed by atoms with Gasteiger partial charge in [-0.15, -0.1) is 11.3 Å². The number of halogens is 1. The lowest BCUT2D eigenvalue weighted by atomic mass is 10.0. The molecule has 1 aromatic carbocycles. The Balaban J connectivity index is 1.65. The van der Waals surface area contributed by atoms with Crippen LogP contribution >= 0.6 is 22.9 Å². The highest BCUT2D eigenvalue weighted by molar-refractivity contribution is 7.15. The monoisotopic (exact) mass is 374 g/mol. The van der Waals surface area contributed by atoms with E-state index in [2.05, 4.69) is 21.3 Å². The largest absolute Gasteiger partial charge is 0.314 e. The molecule has 130 valence electrons. The molecular formula is C18H19ClN4OS. The molecule has 1 atom stereocenters. The minimum absolute atomic E-state index is 0.00631. The first kappa shape index (κ1) is 16.7. The van der Waals surface area contributed by atoms with Crippen LogP contribution in [0.2, 0.25) is 5.02 Å². The molecule has 25 heavy (non-hydrogen) atoms. The smallest absolute Gasteiger partial charge is 0.259 e. The van der Waals surface area contributed by atoms with E-state index in [1.165, 1.54) is 16.9 Å². The first-order valence-corrected chi connectivity index (χ1v) is 9.54. The summed E-state index contributed by atoms with van der Waals surface area (Å²) < 4.78 is 1.67. The summed E-state index contributed by atoms with van der Waals surface area (Å²) in [6.07, 6.45) is 0. The van der Waals surface area contributed by atoms with Crippen LogP contribution in [0.15, 0.2) is 40.5 Å². The lowest BCUT2D eigenvalue weighted by Gasteiger charge is -2.36. The van der Waals surface area contributed by atoms with E-state index in [0.29, 0.717) is 6.54 Å². The predicted octanol–water partition coefficient (Wildman–Crippen LogP) is 2.86. The van der Waals surface area contributed by atoms with Gasteiger partial charge in [0.25, 0.3) is 5.56 Å². The molecule has 4 rings (SSSR count). The van der Waals surface area contributed by atoms with Crippen LogP contribution in [0.25, 0.3) is 4.96 Å². The van der Waals surface area contributed by atoms with Gasteiger partial charge in [-0.05, 0) is 24.6 Å². The Morgan fingerprint density at radius 3 is 3.12 bits per heavy atom. The third kappa shape index (κ3) is 3.35.